The van der Waals surface area contributed by atoms with E-state index in [2.05, 4.69) is 9.97 Å². The maximum Gasteiger partial charge on any atom is 0.231 e. The van der Waals surface area contributed by atoms with E-state index in [0.717, 1.165) is 22.2 Å². The van der Waals surface area contributed by atoms with Gasteiger partial charge in [-0.15, -0.1) is 0 Å². The minimum absolute atomic E-state index is 0.554. The Bertz CT molecular complexity index is 812. The first-order chi connectivity index (χ1) is 8.92. The van der Waals surface area contributed by atoms with E-state index in [0.29, 0.717) is 11.5 Å². The third kappa shape index (κ3) is 1.26. The lowest BCUT2D eigenvalue weighted by Crippen LogP contribution is -1.78. The summed E-state index contributed by atoms with van der Waals surface area (Å²) in [7, 11) is 0. The summed E-state index contributed by atoms with van der Waals surface area (Å²) in [6, 6.07) is 13.4. The zero-order valence-electron chi connectivity index (χ0n) is 9.33. The molecule has 0 amide bonds. The first-order valence-corrected chi connectivity index (χ1v) is 5.60. The van der Waals surface area contributed by atoms with Gasteiger partial charge in [0.2, 0.25) is 5.89 Å². The number of oxazole rings is 2. The summed E-state index contributed by atoms with van der Waals surface area (Å²) in [6.07, 6.45) is 1.43. The largest absolute Gasteiger partial charge is 0.443 e. The molecule has 18 heavy (non-hydrogen) atoms. The molecule has 0 saturated heterocycles. The molecule has 0 aliphatic rings. The van der Waals surface area contributed by atoms with E-state index in [9.17, 15) is 0 Å². The summed E-state index contributed by atoms with van der Waals surface area (Å²) in [6.45, 7) is 0. The van der Waals surface area contributed by atoms with Crippen molar-refractivity contribution in [3.8, 4) is 11.5 Å². The van der Waals surface area contributed by atoms with Crippen molar-refractivity contribution in [2.45, 2.75) is 0 Å². The molecule has 0 unspecified atom stereocenters. The van der Waals surface area contributed by atoms with Crippen molar-refractivity contribution in [3.63, 3.8) is 0 Å². The molecule has 2 aromatic heterocycles. The van der Waals surface area contributed by atoms with Gasteiger partial charge >= 0.3 is 0 Å². The summed E-state index contributed by atoms with van der Waals surface area (Å²) in [5.74, 6) is 0.554. The molecule has 4 heteroatoms. The van der Waals surface area contributed by atoms with Crippen LogP contribution in [-0.4, -0.2) is 9.97 Å². The fraction of sp³-hybridized carbons (Fsp3) is 0. The van der Waals surface area contributed by atoms with Crippen LogP contribution in [0.15, 0.2) is 57.7 Å². The van der Waals surface area contributed by atoms with E-state index in [-0.39, 0.29) is 0 Å². The van der Waals surface area contributed by atoms with Crippen molar-refractivity contribution in [2.24, 2.45) is 0 Å². The predicted molar refractivity (Wildman–Crippen MR) is 67.0 cm³/mol. The lowest BCUT2D eigenvalue weighted by Gasteiger charge is -1.94. The first-order valence-electron chi connectivity index (χ1n) is 5.60. The Morgan fingerprint density at radius 3 is 2.72 bits per heavy atom. The van der Waals surface area contributed by atoms with Crippen molar-refractivity contribution in [1.82, 2.24) is 9.97 Å². The van der Waals surface area contributed by atoms with Gasteiger partial charge in [-0.2, -0.15) is 0 Å². The Labute approximate surface area is 102 Å². The Hall–Kier alpha value is -2.62. The average molecular weight is 236 g/mol. The van der Waals surface area contributed by atoms with Crippen molar-refractivity contribution < 1.29 is 8.83 Å². The molecule has 2 aromatic carbocycles. The predicted octanol–water partition coefficient (Wildman–Crippen LogP) is 3.64. The number of rotatable bonds is 1. The molecule has 0 N–H and O–H groups in total. The number of aromatic nitrogens is 2. The van der Waals surface area contributed by atoms with Gasteiger partial charge in [0.25, 0.3) is 0 Å². The lowest BCUT2D eigenvalue weighted by molar-refractivity contribution is 0.593. The third-order valence-electron chi connectivity index (χ3n) is 2.88. The van der Waals surface area contributed by atoms with Gasteiger partial charge in [0.1, 0.15) is 11.0 Å². The molecule has 4 aromatic rings. The fourth-order valence-electron chi connectivity index (χ4n) is 2.04. The fourth-order valence-corrected chi connectivity index (χ4v) is 2.04. The molecule has 0 aliphatic heterocycles. The summed E-state index contributed by atoms with van der Waals surface area (Å²) in [5.41, 5.74) is 3.92. The van der Waals surface area contributed by atoms with E-state index in [1.54, 1.807) is 0 Å². The van der Waals surface area contributed by atoms with Gasteiger partial charge in [0, 0.05) is 0 Å². The Balaban J connectivity index is 2.04. The Morgan fingerprint density at radius 2 is 1.78 bits per heavy atom. The number of hydrogen-bond donors (Lipinski definition) is 0. The van der Waals surface area contributed by atoms with Crippen LogP contribution in [0.25, 0.3) is 33.7 Å². The van der Waals surface area contributed by atoms with Crippen LogP contribution < -0.4 is 0 Å². The minimum atomic E-state index is 0.554. The second-order valence-electron chi connectivity index (χ2n) is 3.99. The van der Waals surface area contributed by atoms with Crippen molar-refractivity contribution in [3.05, 3.63) is 48.9 Å². The van der Waals surface area contributed by atoms with Crippen LogP contribution in [0.5, 0.6) is 0 Å². The molecule has 2 heterocycles. The van der Waals surface area contributed by atoms with Crippen LogP contribution in [0.3, 0.4) is 0 Å². The number of fused-ring (bicyclic) bond motifs is 2. The molecule has 0 bridgehead atoms. The quantitative estimate of drug-likeness (QED) is 0.506. The maximum atomic E-state index is 5.73. The zero-order valence-corrected chi connectivity index (χ0v) is 9.33. The van der Waals surface area contributed by atoms with E-state index in [1.807, 2.05) is 42.5 Å². The van der Waals surface area contributed by atoms with Gasteiger partial charge in [-0.05, 0) is 24.3 Å². The van der Waals surface area contributed by atoms with Gasteiger partial charge in [-0.25, -0.2) is 9.97 Å². The zero-order chi connectivity index (χ0) is 11.9. The average Bonchev–Trinajstić information content (AvgIpc) is 3.04. The van der Waals surface area contributed by atoms with Gasteiger partial charge in [-0.3, -0.25) is 0 Å². The summed E-state index contributed by atoms with van der Waals surface area (Å²) < 4.78 is 11.1. The molecule has 0 saturated carbocycles. The minimum Gasteiger partial charge on any atom is -0.443 e. The van der Waals surface area contributed by atoms with Crippen molar-refractivity contribution >= 4 is 22.2 Å². The SMILES string of the molecule is c1ccc2oc(-c3cccc4ncoc34)nc2c1. The van der Waals surface area contributed by atoms with Gasteiger partial charge in [0.15, 0.2) is 17.6 Å². The highest BCUT2D eigenvalue weighted by Gasteiger charge is 2.13. The number of hydrogen-bond acceptors (Lipinski definition) is 4. The van der Waals surface area contributed by atoms with Crippen LogP contribution in [0.1, 0.15) is 0 Å². The highest BCUT2D eigenvalue weighted by Crippen LogP contribution is 2.29. The normalized spacial score (nSPS) is 11.3. The molecule has 0 fully saturated rings. The third-order valence-corrected chi connectivity index (χ3v) is 2.88. The monoisotopic (exact) mass is 236 g/mol. The van der Waals surface area contributed by atoms with Crippen LogP contribution in [0.2, 0.25) is 0 Å². The first kappa shape index (κ1) is 9.41. The molecule has 0 radical (unpaired) electrons. The molecular weight excluding hydrogens is 228 g/mol. The van der Waals surface area contributed by atoms with E-state index in [4.69, 9.17) is 8.83 Å². The van der Waals surface area contributed by atoms with E-state index >= 15 is 0 Å². The summed E-state index contributed by atoms with van der Waals surface area (Å²) in [4.78, 5) is 8.58. The van der Waals surface area contributed by atoms with E-state index < -0.39 is 0 Å². The second kappa shape index (κ2) is 3.43. The molecule has 4 nitrogen and oxygen atoms in total. The van der Waals surface area contributed by atoms with Crippen LogP contribution in [-0.2, 0) is 0 Å². The molecule has 0 aliphatic carbocycles. The summed E-state index contributed by atoms with van der Waals surface area (Å²) >= 11 is 0. The van der Waals surface area contributed by atoms with Gasteiger partial charge in [0.05, 0.1) is 5.56 Å². The number of para-hydroxylation sites is 3. The highest BCUT2D eigenvalue weighted by molar-refractivity contribution is 5.89. The standard InChI is InChI=1S/C14H8N2O2/c1-2-7-12-10(5-1)16-14(18-12)9-4-3-6-11-13(9)17-8-15-11/h1-8H. The summed E-state index contributed by atoms with van der Waals surface area (Å²) in [5, 5.41) is 0. The maximum absolute atomic E-state index is 5.73. The molecule has 86 valence electrons. The number of benzene rings is 2. The Kier molecular flexibility index (Phi) is 1.80. The molecular formula is C14H8N2O2. The van der Waals surface area contributed by atoms with Crippen LogP contribution in [0, 0.1) is 0 Å². The number of nitrogens with zero attached hydrogens (tertiary/aromatic N) is 2. The van der Waals surface area contributed by atoms with Crippen molar-refractivity contribution in [2.75, 3.05) is 0 Å². The van der Waals surface area contributed by atoms with E-state index in [1.165, 1.54) is 6.39 Å². The van der Waals surface area contributed by atoms with Crippen LogP contribution in [0.4, 0.5) is 0 Å². The van der Waals surface area contributed by atoms with Gasteiger partial charge < -0.3 is 8.83 Å². The topological polar surface area (TPSA) is 52.1 Å². The molecule has 0 spiro atoms. The highest BCUT2D eigenvalue weighted by atomic mass is 16.4. The lowest BCUT2D eigenvalue weighted by atomic mass is 10.2. The van der Waals surface area contributed by atoms with Crippen LogP contribution >= 0.6 is 0 Å². The second-order valence-corrected chi connectivity index (χ2v) is 3.99. The smallest absolute Gasteiger partial charge is 0.231 e. The Morgan fingerprint density at radius 1 is 0.889 bits per heavy atom. The molecule has 0 atom stereocenters. The van der Waals surface area contributed by atoms with Gasteiger partial charge in [-0.1, -0.05) is 18.2 Å². The van der Waals surface area contributed by atoms with Crippen molar-refractivity contribution in [1.29, 1.82) is 0 Å². The molecule has 4 rings (SSSR count).